The van der Waals surface area contributed by atoms with Crippen LogP contribution in [-0.2, 0) is 10.2 Å². The Morgan fingerprint density at radius 3 is 2.29 bits per heavy atom. The van der Waals surface area contributed by atoms with Gasteiger partial charge < -0.3 is 4.90 Å². The Morgan fingerprint density at radius 2 is 1.71 bits per heavy atom. The highest BCUT2D eigenvalue weighted by Crippen LogP contribution is 2.32. The van der Waals surface area contributed by atoms with E-state index in [0.29, 0.717) is 0 Å². The summed E-state index contributed by atoms with van der Waals surface area (Å²) in [5.74, 6) is -0.101. The van der Waals surface area contributed by atoms with Crippen LogP contribution in [-0.4, -0.2) is 29.1 Å². The Morgan fingerprint density at radius 1 is 1.08 bits per heavy atom. The van der Waals surface area contributed by atoms with Gasteiger partial charge in [-0.15, -0.1) is 17.0 Å². The number of carbonyl (C=O) groups is 1. The van der Waals surface area contributed by atoms with Gasteiger partial charge in [0.15, 0.2) is 5.17 Å². The van der Waals surface area contributed by atoms with E-state index in [0.717, 1.165) is 28.7 Å². The quantitative estimate of drug-likeness (QED) is 0.611. The Bertz CT molecular complexity index is 653. The Balaban J connectivity index is 0.00000208. The van der Waals surface area contributed by atoms with Crippen LogP contribution in [0.15, 0.2) is 34.2 Å². The van der Waals surface area contributed by atoms with E-state index in [4.69, 9.17) is 0 Å². The molecule has 0 unspecified atom stereocenters. The first-order valence-corrected chi connectivity index (χ1v) is 9.13. The number of piperidine rings is 1. The summed E-state index contributed by atoms with van der Waals surface area (Å²) in [5, 5.41) is 0.882. The molecule has 24 heavy (non-hydrogen) atoms. The van der Waals surface area contributed by atoms with Crippen molar-refractivity contribution in [3.63, 3.8) is 0 Å². The third-order valence-corrected chi connectivity index (χ3v) is 5.35. The summed E-state index contributed by atoms with van der Waals surface area (Å²) in [4.78, 5) is 19.4. The lowest BCUT2D eigenvalue weighted by molar-refractivity contribution is -0.113. The van der Waals surface area contributed by atoms with Crippen LogP contribution in [0, 0.1) is 0 Å². The fourth-order valence-electron chi connectivity index (χ4n) is 2.85. The fraction of sp³-hybridized carbons (Fsp3) is 0.474. The van der Waals surface area contributed by atoms with Crippen LogP contribution in [0.4, 0.5) is 0 Å². The maximum Gasteiger partial charge on any atom is 0.286 e. The number of carbonyl (C=O) groups excluding carboxylic acids is 1. The molecule has 0 atom stereocenters. The molecular weight excluding hydrogens is 384 g/mol. The number of thioether (sulfide) groups is 1. The molecule has 1 fully saturated rings. The minimum absolute atomic E-state index is 0. The van der Waals surface area contributed by atoms with Gasteiger partial charge in [0.1, 0.15) is 0 Å². The first kappa shape index (κ1) is 19.3. The molecular formula is C19H25BrN2OS. The third-order valence-electron chi connectivity index (χ3n) is 4.31. The molecule has 0 bridgehead atoms. The molecule has 2 aliphatic heterocycles. The fourth-order valence-corrected chi connectivity index (χ4v) is 3.81. The van der Waals surface area contributed by atoms with Crippen LogP contribution < -0.4 is 0 Å². The monoisotopic (exact) mass is 408 g/mol. The lowest BCUT2D eigenvalue weighted by Crippen LogP contribution is -2.33. The Hall–Kier alpha value is -1.07. The molecule has 1 aromatic carbocycles. The number of amides is 1. The summed E-state index contributed by atoms with van der Waals surface area (Å²) in [6, 6.07) is 8.45. The largest absolute Gasteiger partial charge is 0.351 e. The van der Waals surface area contributed by atoms with Gasteiger partial charge in [0.2, 0.25) is 0 Å². The minimum atomic E-state index is -0.101. The highest BCUT2D eigenvalue weighted by atomic mass is 79.9. The smallest absolute Gasteiger partial charge is 0.286 e. The maximum absolute atomic E-state index is 12.2. The van der Waals surface area contributed by atoms with E-state index in [1.54, 1.807) is 0 Å². The van der Waals surface area contributed by atoms with Gasteiger partial charge in [-0.3, -0.25) is 4.79 Å². The van der Waals surface area contributed by atoms with Crippen molar-refractivity contribution in [1.82, 2.24) is 4.90 Å². The molecule has 0 spiro atoms. The normalized spacial score (nSPS) is 20.1. The van der Waals surface area contributed by atoms with Gasteiger partial charge in [0.05, 0.1) is 4.91 Å². The average Bonchev–Trinajstić information content (AvgIpc) is 2.89. The van der Waals surface area contributed by atoms with E-state index in [9.17, 15) is 4.79 Å². The van der Waals surface area contributed by atoms with Crippen molar-refractivity contribution < 1.29 is 4.79 Å². The number of nitrogens with zero attached hydrogens (tertiary/aromatic N) is 2. The predicted molar refractivity (Wildman–Crippen MR) is 109 cm³/mol. The van der Waals surface area contributed by atoms with Gasteiger partial charge in [0.25, 0.3) is 5.91 Å². The number of halogens is 1. The van der Waals surface area contributed by atoms with E-state index in [1.165, 1.54) is 36.6 Å². The van der Waals surface area contributed by atoms with Crippen LogP contribution >= 0.6 is 28.7 Å². The number of benzene rings is 1. The molecule has 1 amide bonds. The van der Waals surface area contributed by atoms with E-state index >= 15 is 0 Å². The SMILES string of the molecule is Br.CC(C)(C)c1ccc(C=C2SC(N3CCCCC3)=NC2=O)cc1. The molecule has 2 aliphatic rings. The summed E-state index contributed by atoms with van der Waals surface area (Å²) in [6.45, 7) is 8.65. The number of aliphatic imine (C=N–C) groups is 1. The van der Waals surface area contributed by atoms with Crippen LogP contribution in [0.3, 0.4) is 0 Å². The molecule has 2 heterocycles. The average molecular weight is 409 g/mol. The molecule has 0 radical (unpaired) electrons. The van der Waals surface area contributed by atoms with E-state index in [-0.39, 0.29) is 28.3 Å². The number of hydrogen-bond donors (Lipinski definition) is 0. The topological polar surface area (TPSA) is 32.7 Å². The van der Waals surface area contributed by atoms with Crippen LogP contribution in [0.25, 0.3) is 6.08 Å². The number of hydrogen-bond acceptors (Lipinski definition) is 3. The van der Waals surface area contributed by atoms with E-state index in [2.05, 4.69) is 54.9 Å². The first-order chi connectivity index (χ1) is 10.9. The molecule has 0 saturated carbocycles. The molecule has 5 heteroatoms. The van der Waals surface area contributed by atoms with Gasteiger partial charge in [-0.1, -0.05) is 45.0 Å². The summed E-state index contributed by atoms with van der Waals surface area (Å²) in [6.07, 6.45) is 5.63. The lowest BCUT2D eigenvalue weighted by atomic mass is 9.87. The third kappa shape index (κ3) is 4.51. The predicted octanol–water partition coefficient (Wildman–Crippen LogP) is 5.02. The second kappa shape index (κ2) is 7.87. The molecule has 3 rings (SSSR count). The van der Waals surface area contributed by atoms with Crippen molar-refractivity contribution in [1.29, 1.82) is 0 Å². The summed E-state index contributed by atoms with van der Waals surface area (Å²) < 4.78 is 0. The van der Waals surface area contributed by atoms with Gasteiger partial charge in [-0.05, 0) is 53.6 Å². The van der Waals surface area contributed by atoms with E-state index < -0.39 is 0 Å². The van der Waals surface area contributed by atoms with Gasteiger partial charge in [0, 0.05) is 13.1 Å². The lowest BCUT2D eigenvalue weighted by Gasteiger charge is -2.27. The zero-order valence-corrected chi connectivity index (χ0v) is 17.1. The number of amidine groups is 1. The summed E-state index contributed by atoms with van der Waals surface area (Å²) in [5.41, 5.74) is 2.51. The highest BCUT2D eigenvalue weighted by Gasteiger charge is 2.26. The van der Waals surface area contributed by atoms with Crippen molar-refractivity contribution in [2.45, 2.75) is 45.4 Å². The van der Waals surface area contributed by atoms with Gasteiger partial charge in [-0.25, -0.2) is 0 Å². The molecule has 0 N–H and O–H groups in total. The summed E-state index contributed by atoms with van der Waals surface area (Å²) >= 11 is 1.52. The Labute approximate surface area is 159 Å². The zero-order valence-electron chi connectivity index (χ0n) is 14.5. The van der Waals surface area contributed by atoms with Crippen LogP contribution in [0.2, 0.25) is 0 Å². The number of rotatable bonds is 1. The van der Waals surface area contributed by atoms with Gasteiger partial charge in [-0.2, -0.15) is 4.99 Å². The second-order valence-corrected chi connectivity index (χ2v) is 8.24. The van der Waals surface area contributed by atoms with Crippen molar-refractivity contribution >= 4 is 45.9 Å². The van der Waals surface area contributed by atoms with E-state index in [1.807, 2.05) is 6.08 Å². The van der Waals surface area contributed by atoms with Gasteiger partial charge >= 0.3 is 0 Å². The Kier molecular flexibility index (Phi) is 6.32. The highest BCUT2D eigenvalue weighted by molar-refractivity contribution is 8.93. The maximum atomic E-state index is 12.2. The molecule has 130 valence electrons. The zero-order chi connectivity index (χ0) is 16.4. The first-order valence-electron chi connectivity index (χ1n) is 8.31. The molecule has 0 aromatic heterocycles. The van der Waals surface area contributed by atoms with Crippen molar-refractivity contribution in [3.05, 3.63) is 40.3 Å². The molecule has 0 aliphatic carbocycles. The molecule has 3 nitrogen and oxygen atoms in total. The van der Waals surface area contributed by atoms with Crippen molar-refractivity contribution in [2.24, 2.45) is 4.99 Å². The summed E-state index contributed by atoms with van der Waals surface area (Å²) in [7, 11) is 0. The van der Waals surface area contributed by atoms with Crippen LogP contribution in [0.1, 0.15) is 51.2 Å². The standard InChI is InChI=1S/C19H24N2OS.BrH/c1-19(2,3)15-9-7-14(8-10-15)13-16-17(22)20-18(23-16)21-11-5-4-6-12-21;/h7-10,13H,4-6,11-12H2,1-3H3;1H. The minimum Gasteiger partial charge on any atom is -0.351 e. The van der Waals surface area contributed by atoms with Crippen LogP contribution in [0.5, 0.6) is 0 Å². The molecule has 1 saturated heterocycles. The van der Waals surface area contributed by atoms with Crippen molar-refractivity contribution in [3.8, 4) is 0 Å². The van der Waals surface area contributed by atoms with Crippen molar-refractivity contribution in [2.75, 3.05) is 13.1 Å². The second-order valence-electron chi connectivity index (χ2n) is 7.23. The number of likely N-dealkylation sites (tertiary alicyclic amines) is 1. The molecule has 1 aromatic rings.